The summed E-state index contributed by atoms with van der Waals surface area (Å²) in [6.45, 7) is 7.90. The number of benzene rings is 1. The summed E-state index contributed by atoms with van der Waals surface area (Å²) >= 11 is 7.46. The number of anilines is 1. The molecule has 2 amide bonds. The van der Waals surface area contributed by atoms with Crippen molar-refractivity contribution in [1.82, 2.24) is 25.0 Å². The Morgan fingerprint density at radius 1 is 1.22 bits per heavy atom. The van der Waals surface area contributed by atoms with Gasteiger partial charge in [0, 0.05) is 42.8 Å². The van der Waals surface area contributed by atoms with Gasteiger partial charge < -0.3 is 19.9 Å². The number of hydrogen-bond acceptors (Lipinski definition) is 6. The fourth-order valence-electron chi connectivity index (χ4n) is 3.72. The number of thiophene rings is 1. The summed E-state index contributed by atoms with van der Waals surface area (Å²) in [4.78, 5) is 22.1. The molecule has 4 rings (SSSR count). The van der Waals surface area contributed by atoms with Gasteiger partial charge in [0.25, 0.3) is 0 Å². The molecule has 1 aliphatic heterocycles. The van der Waals surface area contributed by atoms with Crippen molar-refractivity contribution < 1.29 is 9.53 Å². The zero-order valence-corrected chi connectivity index (χ0v) is 19.8. The Kier molecular flexibility index (Phi) is 7.16. The second-order valence-electron chi connectivity index (χ2n) is 7.51. The van der Waals surface area contributed by atoms with Crippen LogP contribution in [0.15, 0.2) is 36.7 Å². The van der Waals surface area contributed by atoms with E-state index in [9.17, 15) is 4.79 Å². The summed E-state index contributed by atoms with van der Waals surface area (Å²) in [5.41, 5.74) is 1.94. The third kappa shape index (κ3) is 5.34. The third-order valence-corrected chi connectivity index (χ3v) is 6.52. The van der Waals surface area contributed by atoms with Crippen molar-refractivity contribution in [3.05, 3.63) is 51.7 Å². The number of ether oxygens (including phenoxy) is 1. The van der Waals surface area contributed by atoms with Crippen LogP contribution < -0.4 is 15.0 Å². The van der Waals surface area contributed by atoms with E-state index in [1.54, 1.807) is 11.0 Å². The lowest BCUT2D eigenvalue weighted by molar-refractivity contribution is 0.201. The number of hydrogen-bond donors (Lipinski definition) is 1. The van der Waals surface area contributed by atoms with Gasteiger partial charge in [0.05, 0.1) is 17.5 Å². The molecule has 32 heavy (non-hydrogen) atoms. The van der Waals surface area contributed by atoms with Gasteiger partial charge in [-0.2, -0.15) is 5.10 Å². The van der Waals surface area contributed by atoms with Crippen LogP contribution >= 0.6 is 22.9 Å². The van der Waals surface area contributed by atoms with E-state index in [-0.39, 0.29) is 6.03 Å². The minimum absolute atomic E-state index is 0.0386. The topological polar surface area (TPSA) is 75.5 Å². The summed E-state index contributed by atoms with van der Waals surface area (Å²) < 4.78 is 8.37. The number of amides is 2. The molecule has 1 N–H and O–H groups in total. The fraction of sp³-hybridized carbons (Fsp3) is 0.409. The van der Waals surface area contributed by atoms with Crippen LogP contribution in [-0.2, 0) is 6.54 Å². The maximum Gasteiger partial charge on any atom is 0.317 e. The predicted molar refractivity (Wildman–Crippen MR) is 127 cm³/mol. The highest BCUT2D eigenvalue weighted by Gasteiger charge is 2.20. The van der Waals surface area contributed by atoms with Crippen LogP contribution in [0.1, 0.15) is 24.0 Å². The van der Waals surface area contributed by atoms with Crippen molar-refractivity contribution in [3.8, 4) is 11.4 Å². The Bertz CT molecular complexity index is 1070. The SMILES string of the molecule is CCOc1cc(N2CCCN(C(=O)NCc3ccc(Cl)s3)CC2)ccc1-n1cnc(C)n1. The van der Waals surface area contributed by atoms with Crippen molar-refractivity contribution in [3.63, 3.8) is 0 Å². The standard InChI is InChI=1S/C22H27ClN6O2S/c1-3-31-20-13-17(5-7-19(20)29-15-25-16(2)26-29)27-9-4-10-28(12-11-27)22(30)24-14-18-6-8-21(23)32-18/h5-8,13,15H,3-4,9-12,14H2,1-2H3,(H,24,30). The van der Waals surface area contributed by atoms with Crippen LogP contribution in [0.4, 0.5) is 10.5 Å². The van der Waals surface area contributed by atoms with Gasteiger partial charge in [0.1, 0.15) is 23.6 Å². The second kappa shape index (κ2) is 10.2. The van der Waals surface area contributed by atoms with Crippen LogP contribution in [0.5, 0.6) is 5.75 Å². The lowest BCUT2D eigenvalue weighted by atomic mass is 10.2. The Balaban J connectivity index is 1.41. The van der Waals surface area contributed by atoms with Gasteiger partial charge in [-0.05, 0) is 44.5 Å². The Hall–Kier alpha value is -2.78. The zero-order valence-electron chi connectivity index (χ0n) is 18.3. The van der Waals surface area contributed by atoms with Crippen LogP contribution in [0, 0.1) is 6.92 Å². The van der Waals surface area contributed by atoms with E-state index in [0.29, 0.717) is 25.5 Å². The van der Waals surface area contributed by atoms with Crippen LogP contribution in [0.3, 0.4) is 0 Å². The summed E-state index contributed by atoms with van der Waals surface area (Å²) in [5, 5.41) is 7.41. The van der Waals surface area contributed by atoms with Crippen molar-refractivity contribution in [1.29, 1.82) is 0 Å². The normalized spacial score (nSPS) is 14.3. The highest BCUT2D eigenvalue weighted by Crippen LogP contribution is 2.29. The van der Waals surface area contributed by atoms with Gasteiger partial charge in [-0.25, -0.2) is 14.5 Å². The minimum atomic E-state index is -0.0386. The minimum Gasteiger partial charge on any atom is -0.492 e. The Morgan fingerprint density at radius 2 is 2.09 bits per heavy atom. The number of urea groups is 1. The monoisotopic (exact) mass is 474 g/mol. The fourth-order valence-corrected chi connectivity index (χ4v) is 4.75. The molecule has 1 saturated heterocycles. The number of aryl methyl sites for hydroxylation is 1. The molecule has 0 aliphatic carbocycles. The van der Waals surface area contributed by atoms with Crippen molar-refractivity contribution in [2.24, 2.45) is 0 Å². The molecule has 2 aromatic heterocycles. The molecule has 3 aromatic rings. The largest absolute Gasteiger partial charge is 0.492 e. The summed E-state index contributed by atoms with van der Waals surface area (Å²) in [7, 11) is 0. The van der Waals surface area contributed by atoms with Gasteiger partial charge in [-0.15, -0.1) is 11.3 Å². The number of nitrogens with zero attached hydrogens (tertiary/aromatic N) is 5. The molecule has 0 saturated carbocycles. The van der Waals surface area contributed by atoms with Gasteiger partial charge in [-0.3, -0.25) is 0 Å². The van der Waals surface area contributed by atoms with E-state index < -0.39 is 0 Å². The van der Waals surface area contributed by atoms with Crippen LogP contribution in [0.25, 0.3) is 5.69 Å². The quantitative estimate of drug-likeness (QED) is 0.581. The van der Waals surface area contributed by atoms with Crippen molar-refractivity contribution >= 4 is 34.7 Å². The molecule has 0 atom stereocenters. The molecule has 1 fully saturated rings. The highest BCUT2D eigenvalue weighted by atomic mass is 35.5. The van der Waals surface area contributed by atoms with E-state index in [0.717, 1.165) is 52.4 Å². The van der Waals surface area contributed by atoms with E-state index in [1.165, 1.54) is 11.3 Å². The molecular weight excluding hydrogens is 448 g/mol. The van der Waals surface area contributed by atoms with E-state index in [2.05, 4.69) is 26.4 Å². The highest BCUT2D eigenvalue weighted by molar-refractivity contribution is 7.16. The molecule has 1 aromatic carbocycles. The lowest BCUT2D eigenvalue weighted by Gasteiger charge is -2.25. The zero-order chi connectivity index (χ0) is 22.5. The smallest absolute Gasteiger partial charge is 0.317 e. The van der Waals surface area contributed by atoms with E-state index >= 15 is 0 Å². The molecule has 3 heterocycles. The summed E-state index contributed by atoms with van der Waals surface area (Å²) in [6.07, 6.45) is 2.59. The van der Waals surface area contributed by atoms with Crippen molar-refractivity contribution in [2.45, 2.75) is 26.8 Å². The number of carbonyl (C=O) groups excluding carboxylic acids is 1. The van der Waals surface area contributed by atoms with Crippen LogP contribution in [-0.4, -0.2) is 58.5 Å². The summed E-state index contributed by atoms with van der Waals surface area (Å²) in [5.74, 6) is 1.48. The Labute approximate surface area is 196 Å². The molecule has 1 aliphatic rings. The number of carbonyl (C=O) groups is 1. The van der Waals surface area contributed by atoms with Gasteiger partial charge >= 0.3 is 6.03 Å². The first-order valence-corrected chi connectivity index (χ1v) is 11.9. The first kappa shape index (κ1) is 22.4. The van der Waals surface area contributed by atoms with Gasteiger partial charge in [0.15, 0.2) is 0 Å². The number of aromatic nitrogens is 3. The number of rotatable bonds is 6. The molecule has 0 spiro atoms. The third-order valence-electron chi connectivity index (χ3n) is 5.29. The number of halogens is 1. The molecule has 8 nitrogen and oxygen atoms in total. The number of nitrogens with one attached hydrogen (secondary N) is 1. The first-order chi connectivity index (χ1) is 15.5. The van der Waals surface area contributed by atoms with Gasteiger partial charge in [-0.1, -0.05) is 11.6 Å². The molecule has 10 heteroatoms. The van der Waals surface area contributed by atoms with E-state index in [1.807, 2.05) is 43.0 Å². The summed E-state index contributed by atoms with van der Waals surface area (Å²) in [6, 6.07) is 9.89. The van der Waals surface area contributed by atoms with Crippen molar-refractivity contribution in [2.75, 3.05) is 37.7 Å². The second-order valence-corrected chi connectivity index (χ2v) is 9.31. The first-order valence-electron chi connectivity index (χ1n) is 10.7. The molecule has 0 unspecified atom stereocenters. The maximum atomic E-state index is 12.6. The van der Waals surface area contributed by atoms with Gasteiger partial charge in [0.2, 0.25) is 0 Å². The van der Waals surface area contributed by atoms with E-state index in [4.69, 9.17) is 16.3 Å². The molecule has 0 bridgehead atoms. The maximum absolute atomic E-state index is 12.6. The lowest BCUT2D eigenvalue weighted by Crippen LogP contribution is -2.41. The average Bonchev–Trinajstić information content (AvgIpc) is 3.32. The molecular formula is C22H27ClN6O2S. The predicted octanol–water partition coefficient (Wildman–Crippen LogP) is 4.11. The average molecular weight is 475 g/mol. The molecule has 0 radical (unpaired) electrons. The van der Waals surface area contributed by atoms with Crippen LogP contribution in [0.2, 0.25) is 4.34 Å². The Morgan fingerprint density at radius 3 is 2.81 bits per heavy atom. The molecule has 170 valence electrons.